The Hall–Kier alpha value is -1.85. The van der Waals surface area contributed by atoms with Crippen molar-refractivity contribution >= 4 is 0 Å². The minimum atomic E-state index is -4.54. The molecule has 2 aromatic rings. The van der Waals surface area contributed by atoms with Crippen molar-refractivity contribution in [2.24, 2.45) is 7.05 Å². The van der Waals surface area contributed by atoms with Gasteiger partial charge in [-0.2, -0.15) is 13.2 Å². The number of halogens is 4. The topological polar surface area (TPSA) is 17.8 Å². The lowest BCUT2D eigenvalue weighted by molar-refractivity contribution is -0.137. The van der Waals surface area contributed by atoms with Crippen molar-refractivity contribution < 1.29 is 17.6 Å². The third-order valence-corrected chi connectivity index (χ3v) is 2.36. The van der Waals surface area contributed by atoms with Crippen molar-refractivity contribution in [2.75, 3.05) is 0 Å². The zero-order chi connectivity index (χ0) is 12.6. The average molecular weight is 244 g/mol. The summed E-state index contributed by atoms with van der Waals surface area (Å²) in [5, 5.41) is 0. The predicted octanol–water partition coefficient (Wildman–Crippen LogP) is 3.25. The van der Waals surface area contributed by atoms with Crippen LogP contribution in [0.4, 0.5) is 17.6 Å². The highest BCUT2D eigenvalue weighted by Gasteiger charge is 2.31. The van der Waals surface area contributed by atoms with E-state index in [4.69, 9.17) is 0 Å². The van der Waals surface area contributed by atoms with E-state index in [1.54, 1.807) is 13.2 Å². The van der Waals surface area contributed by atoms with Crippen molar-refractivity contribution in [3.8, 4) is 11.4 Å². The summed E-state index contributed by atoms with van der Waals surface area (Å²) in [6, 6.07) is 2.40. The molecule has 0 saturated heterocycles. The monoisotopic (exact) mass is 244 g/mol. The van der Waals surface area contributed by atoms with Gasteiger partial charge in [-0.25, -0.2) is 9.37 Å². The van der Waals surface area contributed by atoms with Crippen LogP contribution in [0.3, 0.4) is 0 Å². The smallest absolute Gasteiger partial charge is 0.334 e. The molecule has 1 aromatic heterocycles. The molecule has 0 N–H and O–H groups in total. The summed E-state index contributed by atoms with van der Waals surface area (Å²) in [6.45, 7) is 0. The van der Waals surface area contributed by atoms with Gasteiger partial charge >= 0.3 is 6.18 Å². The number of hydrogen-bond acceptors (Lipinski definition) is 1. The number of benzene rings is 1. The average Bonchev–Trinajstić information content (AvgIpc) is 2.63. The lowest BCUT2D eigenvalue weighted by Crippen LogP contribution is -2.06. The first-order chi connectivity index (χ1) is 7.89. The Morgan fingerprint density at radius 3 is 2.41 bits per heavy atom. The molecule has 2 nitrogen and oxygen atoms in total. The fourth-order valence-corrected chi connectivity index (χ4v) is 1.50. The molecule has 6 heteroatoms. The highest BCUT2D eigenvalue weighted by Crippen LogP contribution is 2.32. The van der Waals surface area contributed by atoms with E-state index < -0.39 is 17.6 Å². The zero-order valence-corrected chi connectivity index (χ0v) is 8.79. The number of rotatable bonds is 1. The number of aryl methyl sites for hydroxylation is 1. The third kappa shape index (κ3) is 2.15. The molecule has 0 radical (unpaired) electrons. The van der Waals surface area contributed by atoms with Crippen LogP contribution in [0, 0.1) is 5.82 Å². The Kier molecular flexibility index (Phi) is 2.65. The summed E-state index contributed by atoms with van der Waals surface area (Å²) < 4.78 is 52.1. The van der Waals surface area contributed by atoms with E-state index in [2.05, 4.69) is 4.98 Å². The number of nitrogens with zero attached hydrogens (tertiary/aromatic N) is 2. The maximum absolute atomic E-state index is 13.6. The van der Waals surface area contributed by atoms with Crippen LogP contribution >= 0.6 is 0 Å². The number of imidazole rings is 1. The Morgan fingerprint density at radius 1 is 1.24 bits per heavy atom. The largest absolute Gasteiger partial charge is 0.416 e. The molecule has 2 rings (SSSR count). The van der Waals surface area contributed by atoms with Gasteiger partial charge in [0.2, 0.25) is 0 Å². The highest BCUT2D eigenvalue weighted by atomic mass is 19.4. The van der Waals surface area contributed by atoms with E-state index in [9.17, 15) is 17.6 Å². The second kappa shape index (κ2) is 3.87. The van der Waals surface area contributed by atoms with Crippen molar-refractivity contribution in [1.29, 1.82) is 0 Å². The fourth-order valence-electron chi connectivity index (χ4n) is 1.50. The zero-order valence-electron chi connectivity index (χ0n) is 8.79. The quantitative estimate of drug-likeness (QED) is 0.704. The van der Waals surface area contributed by atoms with Gasteiger partial charge in [0, 0.05) is 19.4 Å². The van der Waals surface area contributed by atoms with E-state index in [0.717, 1.165) is 12.1 Å². The second-order valence-electron chi connectivity index (χ2n) is 3.55. The Balaban J connectivity index is 2.50. The first kappa shape index (κ1) is 11.6. The van der Waals surface area contributed by atoms with Gasteiger partial charge in [-0.1, -0.05) is 0 Å². The van der Waals surface area contributed by atoms with Crippen LogP contribution in [-0.2, 0) is 13.2 Å². The van der Waals surface area contributed by atoms with Gasteiger partial charge in [0.1, 0.15) is 11.6 Å². The lowest BCUT2D eigenvalue weighted by atomic mass is 10.1. The van der Waals surface area contributed by atoms with Crippen molar-refractivity contribution in [3.63, 3.8) is 0 Å². The molecule has 1 aromatic carbocycles. The molecule has 0 bridgehead atoms. The van der Waals surface area contributed by atoms with Crippen LogP contribution in [0.15, 0.2) is 30.6 Å². The van der Waals surface area contributed by atoms with Gasteiger partial charge in [0.05, 0.1) is 11.1 Å². The minimum Gasteiger partial charge on any atom is -0.334 e. The van der Waals surface area contributed by atoms with Crippen LogP contribution in [0.25, 0.3) is 11.4 Å². The standard InChI is InChI=1S/C11H8F4N2/c1-17-5-4-16-10(17)8-3-2-7(6-9(8)12)11(13,14)15/h2-6H,1H3. The fraction of sp³-hybridized carbons (Fsp3) is 0.182. The van der Waals surface area contributed by atoms with Crippen LogP contribution < -0.4 is 0 Å². The van der Waals surface area contributed by atoms with Crippen molar-refractivity contribution in [3.05, 3.63) is 42.0 Å². The molecule has 17 heavy (non-hydrogen) atoms. The molecule has 0 saturated carbocycles. The molecule has 0 fully saturated rings. The lowest BCUT2D eigenvalue weighted by Gasteiger charge is -2.09. The van der Waals surface area contributed by atoms with E-state index >= 15 is 0 Å². The van der Waals surface area contributed by atoms with Crippen LogP contribution in [0.2, 0.25) is 0 Å². The second-order valence-corrected chi connectivity index (χ2v) is 3.55. The van der Waals surface area contributed by atoms with Gasteiger partial charge in [-0.05, 0) is 18.2 Å². The van der Waals surface area contributed by atoms with Crippen LogP contribution in [0.1, 0.15) is 5.56 Å². The third-order valence-electron chi connectivity index (χ3n) is 2.36. The highest BCUT2D eigenvalue weighted by molar-refractivity contribution is 5.57. The Bertz CT molecular complexity index is 543. The molecular formula is C11H8F4N2. The van der Waals surface area contributed by atoms with Crippen molar-refractivity contribution in [2.45, 2.75) is 6.18 Å². The molecule has 0 aliphatic carbocycles. The first-order valence-electron chi connectivity index (χ1n) is 4.74. The summed E-state index contributed by atoms with van der Waals surface area (Å²) in [5.41, 5.74) is -0.960. The number of alkyl halides is 3. The first-order valence-corrected chi connectivity index (χ1v) is 4.74. The van der Waals surface area contributed by atoms with Gasteiger partial charge in [0.25, 0.3) is 0 Å². The molecule has 90 valence electrons. The molecule has 1 heterocycles. The normalized spacial score (nSPS) is 11.8. The predicted molar refractivity (Wildman–Crippen MR) is 53.6 cm³/mol. The summed E-state index contributed by atoms with van der Waals surface area (Å²) in [6.07, 6.45) is -1.50. The molecule has 0 amide bonds. The summed E-state index contributed by atoms with van der Waals surface area (Å²) >= 11 is 0. The summed E-state index contributed by atoms with van der Waals surface area (Å²) in [5.74, 6) is -0.648. The SMILES string of the molecule is Cn1ccnc1-c1ccc(C(F)(F)F)cc1F. The van der Waals surface area contributed by atoms with Crippen LogP contribution in [-0.4, -0.2) is 9.55 Å². The van der Waals surface area contributed by atoms with E-state index in [1.165, 1.54) is 10.8 Å². The molecular weight excluding hydrogens is 236 g/mol. The molecule has 0 aliphatic heterocycles. The molecule has 0 spiro atoms. The Labute approximate surface area is 94.5 Å². The maximum Gasteiger partial charge on any atom is 0.416 e. The van der Waals surface area contributed by atoms with Gasteiger partial charge in [0.15, 0.2) is 0 Å². The van der Waals surface area contributed by atoms with Crippen molar-refractivity contribution in [1.82, 2.24) is 9.55 Å². The summed E-state index contributed by atoms with van der Waals surface area (Å²) in [7, 11) is 1.64. The van der Waals surface area contributed by atoms with Gasteiger partial charge in [-0.15, -0.1) is 0 Å². The van der Waals surface area contributed by atoms with Gasteiger partial charge < -0.3 is 4.57 Å². The van der Waals surface area contributed by atoms with Crippen LogP contribution in [0.5, 0.6) is 0 Å². The van der Waals surface area contributed by atoms with E-state index in [-0.39, 0.29) is 11.4 Å². The van der Waals surface area contributed by atoms with E-state index in [1.807, 2.05) is 0 Å². The number of hydrogen-bond donors (Lipinski definition) is 0. The molecule has 0 atom stereocenters. The van der Waals surface area contributed by atoms with E-state index in [0.29, 0.717) is 6.07 Å². The summed E-state index contributed by atoms with van der Waals surface area (Å²) in [4.78, 5) is 3.88. The minimum absolute atomic E-state index is 0.0468. The molecule has 0 unspecified atom stereocenters. The number of aromatic nitrogens is 2. The maximum atomic E-state index is 13.6. The molecule has 0 aliphatic rings. The van der Waals surface area contributed by atoms with Gasteiger partial charge in [-0.3, -0.25) is 0 Å². The Morgan fingerprint density at radius 2 is 1.94 bits per heavy atom.